The van der Waals surface area contributed by atoms with Gasteiger partial charge in [0.05, 0.1) is 13.2 Å². The molecule has 1 saturated carbocycles. The predicted molar refractivity (Wildman–Crippen MR) is 67.7 cm³/mol. The molecule has 0 aromatic carbocycles. The zero-order valence-electron chi connectivity index (χ0n) is 11.4. The second-order valence-electron chi connectivity index (χ2n) is 5.85. The van der Waals surface area contributed by atoms with Gasteiger partial charge in [0.1, 0.15) is 6.61 Å². The molecule has 0 amide bonds. The number of methoxy groups -OCH3 is 1. The van der Waals surface area contributed by atoms with Gasteiger partial charge in [0.25, 0.3) is 0 Å². The van der Waals surface area contributed by atoms with Crippen LogP contribution in [-0.2, 0) is 14.3 Å². The molecule has 0 heterocycles. The molecule has 98 valence electrons. The molecule has 2 unspecified atom stereocenters. The van der Waals surface area contributed by atoms with Gasteiger partial charge >= 0.3 is 5.97 Å². The first-order valence-corrected chi connectivity index (χ1v) is 6.19. The third kappa shape index (κ3) is 4.50. The monoisotopic (exact) mass is 240 g/mol. The summed E-state index contributed by atoms with van der Waals surface area (Å²) in [6.07, 6.45) is 3.29. The molecule has 0 bridgehead atoms. The van der Waals surface area contributed by atoms with Crippen molar-refractivity contribution in [2.75, 3.05) is 13.7 Å². The molecule has 0 aromatic rings. The highest BCUT2D eigenvalue weighted by Gasteiger charge is 2.33. The minimum atomic E-state index is -0.314. The van der Waals surface area contributed by atoms with E-state index in [0.29, 0.717) is 11.3 Å². The van der Waals surface area contributed by atoms with Crippen LogP contribution in [0.5, 0.6) is 0 Å². The Balaban J connectivity index is 2.48. The summed E-state index contributed by atoms with van der Waals surface area (Å²) in [6.45, 7) is 10.7. The molecule has 1 fully saturated rings. The van der Waals surface area contributed by atoms with Crippen LogP contribution < -0.4 is 0 Å². The van der Waals surface area contributed by atoms with Crippen LogP contribution in [0.4, 0.5) is 0 Å². The molecule has 0 N–H and O–H groups in total. The van der Waals surface area contributed by atoms with Crippen molar-refractivity contribution in [1.29, 1.82) is 0 Å². The predicted octanol–water partition coefficient (Wildman–Crippen LogP) is 2.95. The van der Waals surface area contributed by atoms with Gasteiger partial charge in [0, 0.05) is 0 Å². The molecule has 1 aliphatic rings. The Labute approximate surface area is 104 Å². The van der Waals surface area contributed by atoms with Crippen LogP contribution in [0.2, 0.25) is 0 Å². The first-order chi connectivity index (χ1) is 7.84. The van der Waals surface area contributed by atoms with Crippen molar-refractivity contribution in [3.05, 3.63) is 12.2 Å². The molecular weight excluding hydrogens is 216 g/mol. The highest BCUT2D eigenvalue weighted by molar-refractivity contribution is 5.70. The Hall–Kier alpha value is -0.830. The first-order valence-electron chi connectivity index (χ1n) is 6.19. The highest BCUT2D eigenvalue weighted by atomic mass is 16.6. The first kappa shape index (κ1) is 14.2. The van der Waals surface area contributed by atoms with Gasteiger partial charge in [0.15, 0.2) is 0 Å². The highest BCUT2D eigenvalue weighted by Crippen LogP contribution is 2.42. The van der Waals surface area contributed by atoms with Gasteiger partial charge in [-0.25, -0.2) is 4.79 Å². The van der Waals surface area contributed by atoms with Crippen molar-refractivity contribution in [2.45, 2.75) is 46.1 Å². The van der Waals surface area contributed by atoms with Gasteiger partial charge in [-0.3, -0.25) is 0 Å². The summed E-state index contributed by atoms with van der Waals surface area (Å²) < 4.78 is 10.1. The largest absolute Gasteiger partial charge is 0.467 e. The summed E-state index contributed by atoms with van der Waals surface area (Å²) in [5.41, 5.74) is 1.59. The van der Waals surface area contributed by atoms with Gasteiger partial charge in [-0.05, 0) is 37.5 Å². The zero-order valence-corrected chi connectivity index (χ0v) is 11.4. The summed E-state index contributed by atoms with van der Waals surface area (Å²) >= 11 is 0. The van der Waals surface area contributed by atoms with Gasteiger partial charge in [-0.2, -0.15) is 0 Å². The van der Waals surface area contributed by atoms with E-state index < -0.39 is 0 Å². The van der Waals surface area contributed by atoms with Crippen molar-refractivity contribution in [3.8, 4) is 0 Å². The normalized spacial score (nSPS) is 25.4. The number of allylic oxidation sites excluding steroid dienone is 1. The van der Waals surface area contributed by atoms with Crippen LogP contribution in [-0.4, -0.2) is 25.8 Å². The van der Waals surface area contributed by atoms with Gasteiger partial charge in [0.2, 0.25) is 0 Å². The van der Waals surface area contributed by atoms with Crippen LogP contribution in [0.15, 0.2) is 12.2 Å². The summed E-state index contributed by atoms with van der Waals surface area (Å²) in [5, 5.41) is 0. The number of ether oxygens (including phenoxy) is 2. The van der Waals surface area contributed by atoms with Crippen LogP contribution in [0.25, 0.3) is 0 Å². The fraction of sp³-hybridized carbons (Fsp3) is 0.786. The van der Waals surface area contributed by atoms with Crippen LogP contribution >= 0.6 is 0 Å². The number of hydrogen-bond donors (Lipinski definition) is 0. The second-order valence-corrected chi connectivity index (χ2v) is 5.85. The SMILES string of the molecule is C=C1CC(C(C)OCC(=O)OC)CC(C)(C)C1. The average Bonchev–Trinajstić information content (AvgIpc) is 2.22. The maximum absolute atomic E-state index is 11.0. The van der Waals surface area contributed by atoms with E-state index in [2.05, 4.69) is 25.2 Å². The van der Waals surface area contributed by atoms with E-state index in [1.807, 2.05) is 6.92 Å². The maximum Gasteiger partial charge on any atom is 0.331 e. The van der Waals surface area contributed by atoms with E-state index in [0.717, 1.165) is 19.3 Å². The van der Waals surface area contributed by atoms with Crippen molar-refractivity contribution in [3.63, 3.8) is 0 Å². The van der Waals surface area contributed by atoms with Crippen LogP contribution in [0, 0.1) is 11.3 Å². The van der Waals surface area contributed by atoms with Gasteiger partial charge in [-0.15, -0.1) is 0 Å². The number of carbonyl (C=O) groups excluding carboxylic acids is 1. The fourth-order valence-corrected chi connectivity index (χ4v) is 2.70. The topological polar surface area (TPSA) is 35.5 Å². The van der Waals surface area contributed by atoms with E-state index in [4.69, 9.17) is 4.74 Å². The molecule has 0 spiro atoms. The molecular formula is C14H24O3. The average molecular weight is 240 g/mol. The molecule has 2 atom stereocenters. The fourth-order valence-electron chi connectivity index (χ4n) is 2.70. The molecule has 17 heavy (non-hydrogen) atoms. The van der Waals surface area contributed by atoms with E-state index in [1.54, 1.807) is 0 Å². The van der Waals surface area contributed by atoms with Crippen LogP contribution in [0.3, 0.4) is 0 Å². The van der Waals surface area contributed by atoms with E-state index in [-0.39, 0.29) is 18.7 Å². The number of esters is 1. The lowest BCUT2D eigenvalue weighted by atomic mass is 9.69. The molecule has 0 aliphatic heterocycles. The van der Waals surface area contributed by atoms with Crippen molar-refractivity contribution in [2.24, 2.45) is 11.3 Å². The minimum Gasteiger partial charge on any atom is -0.467 e. The van der Waals surface area contributed by atoms with Crippen molar-refractivity contribution < 1.29 is 14.3 Å². The molecule has 0 saturated heterocycles. The Morgan fingerprint density at radius 3 is 2.76 bits per heavy atom. The lowest BCUT2D eigenvalue weighted by Gasteiger charge is -2.39. The summed E-state index contributed by atoms with van der Waals surface area (Å²) in [5.74, 6) is 0.140. The molecule has 3 nitrogen and oxygen atoms in total. The Bertz CT molecular complexity index is 294. The standard InChI is InChI=1S/C14H24O3/c1-10-6-12(8-14(3,4)7-10)11(2)17-9-13(15)16-5/h11-12H,1,6-9H2,2-5H3. The Morgan fingerprint density at radius 1 is 1.59 bits per heavy atom. The molecule has 0 radical (unpaired) electrons. The van der Waals surface area contributed by atoms with E-state index >= 15 is 0 Å². The zero-order chi connectivity index (χ0) is 13.1. The van der Waals surface area contributed by atoms with E-state index in [1.165, 1.54) is 12.7 Å². The Morgan fingerprint density at radius 2 is 2.24 bits per heavy atom. The summed E-state index contributed by atoms with van der Waals surface area (Å²) in [4.78, 5) is 11.0. The second kappa shape index (κ2) is 5.67. The third-order valence-corrected chi connectivity index (χ3v) is 3.45. The third-order valence-electron chi connectivity index (χ3n) is 3.45. The quantitative estimate of drug-likeness (QED) is 0.560. The molecule has 3 heteroatoms. The lowest BCUT2D eigenvalue weighted by molar-refractivity contribution is -0.149. The number of hydrogen-bond acceptors (Lipinski definition) is 3. The van der Waals surface area contributed by atoms with Crippen LogP contribution in [0.1, 0.15) is 40.0 Å². The summed E-state index contributed by atoms with van der Waals surface area (Å²) in [6, 6.07) is 0. The smallest absolute Gasteiger partial charge is 0.331 e. The van der Waals surface area contributed by atoms with E-state index in [9.17, 15) is 4.79 Å². The summed E-state index contributed by atoms with van der Waals surface area (Å²) in [7, 11) is 1.38. The van der Waals surface area contributed by atoms with Crippen molar-refractivity contribution >= 4 is 5.97 Å². The molecule has 0 aromatic heterocycles. The van der Waals surface area contributed by atoms with Crippen molar-refractivity contribution in [1.82, 2.24) is 0 Å². The molecule has 1 rings (SSSR count). The number of rotatable bonds is 4. The lowest BCUT2D eigenvalue weighted by Crippen LogP contribution is -2.32. The number of carbonyl (C=O) groups is 1. The van der Waals surface area contributed by atoms with Gasteiger partial charge in [-0.1, -0.05) is 26.0 Å². The van der Waals surface area contributed by atoms with Gasteiger partial charge < -0.3 is 9.47 Å². The minimum absolute atomic E-state index is 0.0427. The Kier molecular flexibility index (Phi) is 4.75. The maximum atomic E-state index is 11.0. The molecule has 1 aliphatic carbocycles.